The van der Waals surface area contributed by atoms with Crippen molar-refractivity contribution in [1.82, 2.24) is 4.57 Å². The lowest BCUT2D eigenvalue weighted by molar-refractivity contribution is 0.0524. The molecule has 0 atom stereocenters. The van der Waals surface area contributed by atoms with Crippen LogP contribution in [0.5, 0.6) is 0 Å². The Morgan fingerprint density at radius 3 is 2.64 bits per heavy atom. The van der Waals surface area contributed by atoms with Crippen molar-refractivity contribution < 1.29 is 18.3 Å². The summed E-state index contributed by atoms with van der Waals surface area (Å²) in [5.74, 6) is -2.56. The normalized spacial score (nSPS) is 11.0. The first-order chi connectivity index (χ1) is 10.4. The molecule has 0 N–H and O–H groups in total. The van der Waals surface area contributed by atoms with Crippen molar-refractivity contribution in [2.45, 2.75) is 26.8 Å². The Bertz CT molecular complexity index is 802. The van der Waals surface area contributed by atoms with Crippen LogP contribution in [0.25, 0.3) is 10.9 Å². The van der Waals surface area contributed by atoms with Gasteiger partial charge in [0, 0.05) is 12.7 Å². The minimum atomic E-state index is -0.897. The molecule has 1 heterocycles. The molecule has 1 aromatic heterocycles. The van der Waals surface area contributed by atoms with Crippen molar-refractivity contribution >= 4 is 32.8 Å². The lowest BCUT2D eigenvalue weighted by atomic mass is 10.1. The Morgan fingerprint density at radius 1 is 1.36 bits per heavy atom. The fourth-order valence-corrected chi connectivity index (χ4v) is 2.54. The monoisotopic (exact) mass is 373 g/mol. The first kappa shape index (κ1) is 16.6. The molecule has 0 saturated heterocycles. The largest absolute Gasteiger partial charge is 0.462 e. The van der Waals surface area contributed by atoms with Gasteiger partial charge in [-0.3, -0.25) is 4.79 Å². The van der Waals surface area contributed by atoms with Gasteiger partial charge in [0.25, 0.3) is 0 Å². The molecule has 2 rings (SSSR count). The maximum atomic E-state index is 14.3. The Hall–Kier alpha value is -1.76. The quantitative estimate of drug-likeness (QED) is 0.607. The molecule has 4 nitrogen and oxygen atoms in total. The molecule has 7 heteroatoms. The molecular formula is C15H14BrF2NO3. The molecule has 0 radical (unpaired) electrons. The number of hydrogen-bond donors (Lipinski definition) is 0. The topological polar surface area (TPSA) is 48.3 Å². The van der Waals surface area contributed by atoms with Gasteiger partial charge in [-0.05, 0) is 35.3 Å². The average Bonchev–Trinajstić information content (AvgIpc) is 2.48. The van der Waals surface area contributed by atoms with Gasteiger partial charge in [-0.2, -0.15) is 0 Å². The third-order valence-corrected chi connectivity index (χ3v) is 3.88. The van der Waals surface area contributed by atoms with Gasteiger partial charge in [-0.25, -0.2) is 13.6 Å². The second-order valence-corrected chi connectivity index (χ2v) is 5.46. The van der Waals surface area contributed by atoms with Crippen LogP contribution in [-0.4, -0.2) is 17.1 Å². The maximum absolute atomic E-state index is 14.3. The van der Waals surface area contributed by atoms with Crippen molar-refractivity contribution in [3.8, 4) is 0 Å². The van der Waals surface area contributed by atoms with Crippen molar-refractivity contribution in [3.05, 3.63) is 44.2 Å². The van der Waals surface area contributed by atoms with Crippen LogP contribution in [0.2, 0.25) is 0 Å². The zero-order chi connectivity index (χ0) is 16.4. The predicted octanol–water partition coefficient (Wildman–Crippen LogP) is 3.63. The van der Waals surface area contributed by atoms with Crippen molar-refractivity contribution in [3.63, 3.8) is 0 Å². The predicted molar refractivity (Wildman–Crippen MR) is 82.1 cm³/mol. The molecule has 0 fully saturated rings. The molecule has 0 amide bonds. The van der Waals surface area contributed by atoms with E-state index in [2.05, 4.69) is 15.9 Å². The molecule has 1 aromatic carbocycles. The summed E-state index contributed by atoms with van der Waals surface area (Å²) < 4.78 is 34.0. The van der Waals surface area contributed by atoms with E-state index >= 15 is 0 Å². The van der Waals surface area contributed by atoms with Crippen LogP contribution in [0.1, 0.15) is 30.6 Å². The van der Waals surface area contributed by atoms with Gasteiger partial charge >= 0.3 is 5.97 Å². The number of carbonyl (C=O) groups is 1. The molecule has 0 unspecified atom stereocenters. The average molecular weight is 374 g/mol. The second-order valence-electron chi connectivity index (χ2n) is 4.67. The summed E-state index contributed by atoms with van der Waals surface area (Å²) in [5, 5.41) is -0.183. The Balaban J connectivity index is 2.88. The van der Waals surface area contributed by atoms with Crippen LogP contribution in [-0.2, 0) is 11.3 Å². The highest BCUT2D eigenvalue weighted by Crippen LogP contribution is 2.27. The van der Waals surface area contributed by atoms with E-state index in [-0.39, 0.29) is 27.5 Å². The van der Waals surface area contributed by atoms with Crippen LogP contribution in [0, 0.1) is 11.6 Å². The van der Waals surface area contributed by atoms with Gasteiger partial charge in [0.15, 0.2) is 5.82 Å². The van der Waals surface area contributed by atoms with E-state index in [1.165, 1.54) is 10.8 Å². The van der Waals surface area contributed by atoms with Gasteiger partial charge in [-0.1, -0.05) is 6.92 Å². The number of carbonyl (C=O) groups excluding carboxylic acids is 1. The second kappa shape index (κ2) is 6.56. The number of nitrogens with zero attached hydrogens (tertiary/aromatic N) is 1. The SMILES string of the molecule is CCCn1cc(C(=O)OCC)c(=O)c2cc(F)c(Br)c(F)c21. The lowest BCUT2D eigenvalue weighted by Gasteiger charge is -2.14. The summed E-state index contributed by atoms with van der Waals surface area (Å²) in [6.07, 6.45) is 1.91. The van der Waals surface area contributed by atoms with Crippen molar-refractivity contribution in [2.24, 2.45) is 0 Å². The van der Waals surface area contributed by atoms with E-state index < -0.39 is 23.0 Å². The van der Waals surface area contributed by atoms with Gasteiger partial charge in [-0.15, -0.1) is 0 Å². The summed E-state index contributed by atoms with van der Waals surface area (Å²) in [7, 11) is 0. The van der Waals surface area contributed by atoms with Crippen LogP contribution < -0.4 is 5.43 Å². The fraction of sp³-hybridized carbons (Fsp3) is 0.333. The number of halogens is 3. The summed E-state index contributed by atoms with van der Waals surface area (Å²) in [5.41, 5.74) is -1.01. The Morgan fingerprint density at radius 2 is 2.05 bits per heavy atom. The zero-order valence-electron chi connectivity index (χ0n) is 12.1. The maximum Gasteiger partial charge on any atom is 0.343 e. The van der Waals surface area contributed by atoms with Crippen molar-refractivity contribution in [1.29, 1.82) is 0 Å². The van der Waals surface area contributed by atoms with Gasteiger partial charge in [0.1, 0.15) is 11.4 Å². The number of ether oxygens (including phenoxy) is 1. The first-order valence-corrected chi connectivity index (χ1v) is 7.59. The van der Waals surface area contributed by atoms with Crippen LogP contribution in [0.3, 0.4) is 0 Å². The van der Waals surface area contributed by atoms with Crippen LogP contribution in [0.4, 0.5) is 8.78 Å². The third kappa shape index (κ3) is 2.77. The molecule has 2 aromatic rings. The van der Waals surface area contributed by atoms with E-state index in [0.717, 1.165) is 6.07 Å². The van der Waals surface area contributed by atoms with E-state index in [4.69, 9.17) is 4.74 Å². The summed E-state index contributed by atoms with van der Waals surface area (Å²) in [4.78, 5) is 24.2. The number of fused-ring (bicyclic) bond motifs is 1. The minimum absolute atomic E-state index is 0.0341. The molecule has 22 heavy (non-hydrogen) atoms. The molecular weight excluding hydrogens is 360 g/mol. The summed E-state index contributed by atoms with van der Waals surface area (Å²) in [6, 6.07) is 0.930. The van der Waals surface area contributed by atoms with Crippen LogP contribution in [0.15, 0.2) is 21.5 Å². The van der Waals surface area contributed by atoms with Crippen molar-refractivity contribution in [2.75, 3.05) is 6.61 Å². The van der Waals surface area contributed by atoms with E-state index in [0.29, 0.717) is 13.0 Å². The standard InChI is InChI=1S/C15H14BrF2NO3/c1-3-5-19-7-9(15(21)22-4-2)14(20)8-6-10(17)11(16)12(18)13(8)19/h6-7H,3-5H2,1-2H3. The van der Waals surface area contributed by atoms with Crippen LogP contribution >= 0.6 is 15.9 Å². The van der Waals surface area contributed by atoms with E-state index in [9.17, 15) is 18.4 Å². The summed E-state index contributed by atoms with van der Waals surface area (Å²) >= 11 is 2.83. The number of benzene rings is 1. The van der Waals surface area contributed by atoms with Gasteiger partial charge in [0.05, 0.1) is 22.0 Å². The molecule has 0 aliphatic rings. The number of aromatic nitrogens is 1. The number of pyridine rings is 1. The van der Waals surface area contributed by atoms with E-state index in [1.54, 1.807) is 6.92 Å². The molecule has 0 saturated carbocycles. The highest BCUT2D eigenvalue weighted by atomic mass is 79.9. The number of rotatable bonds is 4. The van der Waals surface area contributed by atoms with Gasteiger partial charge < -0.3 is 9.30 Å². The zero-order valence-corrected chi connectivity index (χ0v) is 13.7. The molecule has 0 aliphatic heterocycles. The number of aryl methyl sites for hydroxylation is 1. The smallest absolute Gasteiger partial charge is 0.343 e. The molecule has 0 spiro atoms. The fourth-order valence-electron chi connectivity index (χ4n) is 2.23. The highest BCUT2D eigenvalue weighted by molar-refractivity contribution is 9.10. The van der Waals surface area contributed by atoms with E-state index in [1.807, 2.05) is 6.92 Å². The first-order valence-electron chi connectivity index (χ1n) is 6.80. The Labute approximate surface area is 133 Å². The third-order valence-electron chi connectivity index (χ3n) is 3.16. The Kier molecular flexibility index (Phi) is 4.95. The highest BCUT2D eigenvalue weighted by Gasteiger charge is 2.21. The number of hydrogen-bond acceptors (Lipinski definition) is 3. The minimum Gasteiger partial charge on any atom is -0.462 e. The summed E-state index contributed by atoms with van der Waals surface area (Å²) in [6.45, 7) is 3.95. The molecule has 0 aliphatic carbocycles. The number of esters is 1. The lowest BCUT2D eigenvalue weighted by Crippen LogP contribution is -2.22. The van der Waals surface area contributed by atoms with Gasteiger partial charge in [0.2, 0.25) is 5.43 Å². The molecule has 0 bridgehead atoms. The molecule has 118 valence electrons.